The van der Waals surface area contributed by atoms with Crippen molar-refractivity contribution in [1.82, 2.24) is 15.3 Å². The largest absolute Gasteiger partial charge is 0.377 e. The second-order valence-corrected chi connectivity index (χ2v) is 5.85. The summed E-state index contributed by atoms with van der Waals surface area (Å²) in [6.45, 7) is 3.45. The lowest BCUT2D eigenvalue weighted by Crippen LogP contribution is -2.54. The summed E-state index contributed by atoms with van der Waals surface area (Å²) >= 11 is 6.26. The monoisotopic (exact) mass is 310 g/mol. The molecular weight excluding hydrogens is 292 g/mol. The van der Waals surface area contributed by atoms with Crippen molar-refractivity contribution in [3.05, 3.63) is 16.5 Å². The first-order chi connectivity index (χ1) is 10.1. The highest BCUT2D eigenvalue weighted by Gasteiger charge is 2.33. The number of aromatic nitrogens is 2. The zero-order valence-electron chi connectivity index (χ0n) is 12.2. The highest BCUT2D eigenvalue weighted by molar-refractivity contribution is 6.30. The van der Waals surface area contributed by atoms with E-state index < -0.39 is 0 Å². The van der Waals surface area contributed by atoms with Gasteiger partial charge < -0.3 is 15.0 Å². The molecule has 1 aromatic heterocycles. The van der Waals surface area contributed by atoms with Crippen LogP contribution in [0.4, 0.5) is 5.82 Å². The van der Waals surface area contributed by atoms with E-state index in [-0.39, 0.29) is 11.9 Å². The maximum Gasteiger partial charge on any atom is 0.244 e. The second kappa shape index (κ2) is 5.77. The van der Waals surface area contributed by atoms with Crippen LogP contribution in [0.3, 0.4) is 0 Å². The summed E-state index contributed by atoms with van der Waals surface area (Å²) in [7, 11) is 1.63. The van der Waals surface area contributed by atoms with Crippen LogP contribution in [-0.4, -0.2) is 48.7 Å². The van der Waals surface area contributed by atoms with Gasteiger partial charge in [-0.2, -0.15) is 0 Å². The summed E-state index contributed by atoms with van der Waals surface area (Å²) in [5.74, 6) is 1.90. The number of nitrogens with one attached hydrogen (secondary N) is 1. The highest BCUT2D eigenvalue weighted by atomic mass is 35.5. The lowest BCUT2D eigenvalue weighted by Gasteiger charge is -2.36. The van der Waals surface area contributed by atoms with E-state index in [2.05, 4.69) is 15.3 Å². The smallest absolute Gasteiger partial charge is 0.244 e. The molecule has 0 radical (unpaired) electrons. The molecule has 1 unspecified atom stereocenters. The maximum atomic E-state index is 12.1. The minimum atomic E-state index is -0.375. The molecule has 0 aromatic carbocycles. The standard InChI is InChI=1S/C14H19ClN4O2/c1-8-11(15)17-12(9-3-4-9)18-13(8)19-5-6-21-7-10(19)14(20)16-2/h9-10H,3-7H2,1-2H3,(H,16,20). The van der Waals surface area contributed by atoms with Gasteiger partial charge in [-0.25, -0.2) is 9.97 Å². The Morgan fingerprint density at radius 3 is 2.86 bits per heavy atom. The molecule has 21 heavy (non-hydrogen) atoms. The van der Waals surface area contributed by atoms with Crippen molar-refractivity contribution in [2.45, 2.75) is 31.7 Å². The SMILES string of the molecule is CNC(=O)C1COCCN1c1nc(C2CC2)nc(Cl)c1C. The molecule has 7 heteroatoms. The third-order valence-electron chi connectivity index (χ3n) is 3.97. The first-order valence-corrected chi connectivity index (χ1v) is 7.59. The molecule has 0 spiro atoms. The predicted octanol–water partition coefficient (Wildman–Crippen LogP) is 1.27. The van der Waals surface area contributed by atoms with Crippen molar-refractivity contribution < 1.29 is 9.53 Å². The fraction of sp³-hybridized carbons (Fsp3) is 0.643. The Kier molecular flexibility index (Phi) is 3.99. The van der Waals surface area contributed by atoms with Crippen LogP contribution in [0, 0.1) is 6.92 Å². The maximum absolute atomic E-state index is 12.1. The topological polar surface area (TPSA) is 67.3 Å². The van der Waals surface area contributed by atoms with Crippen molar-refractivity contribution in [1.29, 1.82) is 0 Å². The zero-order chi connectivity index (χ0) is 15.0. The summed E-state index contributed by atoms with van der Waals surface area (Å²) in [6, 6.07) is -0.375. The molecule has 1 saturated heterocycles. The summed E-state index contributed by atoms with van der Waals surface area (Å²) < 4.78 is 5.44. The van der Waals surface area contributed by atoms with Crippen LogP contribution < -0.4 is 10.2 Å². The van der Waals surface area contributed by atoms with Gasteiger partial charge >= 0.3 is 0 Å². The number of hydrogen-bond donors (Lipinski definition) is 1. The van der Waals surface area contributed by atoms with Crippen LogP contribution in [0.2, 0.25) is 5.15 Å². The minimum absolute atomic E-state index is 0.0724. The number of ether oxygens (including phenoxy) is 1. The molecule has 2 aliphatic rings. The van der Waals surface area contributed by atoms with Crippen LogP contribution in [-0.2, 0) is 9.53 Å². The molecule has 2 fully saturated rings. The number of carbonyl (C=O) groups excluding carboxylic acids is 1. The Bertz CT molecular complexity index is 562. The number of hydrogen-bond acceptors (Lipinski definition) is 5. The highest BCUT2D eigenvalue weighted by Crippen LogP contribution is 2.40. The molecule has 114 valence electrons. The minimum Gasteiger partial charge on any atom is -0.377 e. The molecule has 1 saturated carbocycles. The van der Waals surface area contributed by atoms with Crippen LogP contribution >= 0.6 is 11.6 Å². The first-order valence-electron chi connectivity index (χ1n) is 7.22. The molecule has 2 heterocycles. The number of halogens is 1. The fourth-order valence-electron chi connectivity index (χ4n) is 2.54. The van der Waals surface area contributed by atoms with Gasteiger partial charge in [0, 0.05) is 25.1 Å². The van der Waals surface area contributed by atoms with Gasteiger partial charge in [0.25, 0.3) is 0 Å². The number of amides is 1. The average Bonchev–Trinajstić information content (AvgIpc) is 3.34. The van der Waals surface area contributed by atoms with Gasteiger partial charge in [-0.3, -0.25) is 4.79 Å². The molecule has 1 aliphatic heterocycles. The van der Waals surface area contributed by atoms with Gasteiger partial charge in [0.05, 0.1) is 13.2 Å². The van der Waals surface area contributed by atoms with Crippen LogP contribution in [0.5, 0.6) is 0 Å². The Labute approximate surface area is 128 Å². The van der Waals surface area contributed by atoms with Crippen molar-refractivity contribution in [2.24, 2.45) is 0 Å². The third kappa shape index (κ3) is 2.82. The number of morpholine rings is 1. The quantitative estimate of drug-likeness (QED) is 0.852. The summed E-state index contributed by atoms with van der Waals surface area (Å²) in [5.41, 5.74) is 0.817. The van der Waals surface area contributed by atoms with Crippen LogP contribution in [0.25, 0.3) is 0 Å². The van der Waals surface area contributed by atoms with E-state index in [0.717, 1.165) is 30.0 Å². The van der Waals surface area contributed by atoms with E-state index in [0.29, 0.717) is 30.8 Å². The Hall–Kier alpha value is -1.40. The number of rotatable bonds is 3. The lowest BCUT2D eigenvalue weighted by molar-refractivity contribution is -0.124. The van der Waals surface area contributed by atoms with Crippen molar-refractivity contribution in [2.75, 3.05) is 31.7 Å². The second-order valence-electron chi connectivity index (χ2n) is 5.49. The van der Waals surface area contributed by atoms with Gasteiger partial charge in [-0.05, 0) is 19.8 Å². The van der Waals surface area contributed by atoms with E-state index in [1.54, 1.807) is 7.05 Å². The van der Waals surface area contributed by atoms with Crippen LogP contribution in [0.15, 0.2) is 0 Å². The molecule has 1 aliphatic carbocycles. The van der Waals surface area contributed by atoms with E-state index in [9.17, 15) is 4.79 Å². The Morgan fingerprint density at radius 2 is 2.19 bits per heavy atom. The molecule has 1 aromatic rings. The number of anilines is 1. The number of carbonyl (C=O) groups is 1. The third-order valence-corrected chi connectivity index (χ3v) is 4.34. The average molecular weight is 311 g/mol. The van der Waals surface area contributed by atoms with Crippen molar-refractivity contribution in [3.63, 3.8) is 0 Å². The van der Waals surface area contributed by atoms with Crippen molar-refractivity contribution in [3.8, 4) is 0 Å². The van der Waals surface area contributed by atoms with E-state index >= 15 is 0 Å². The fourth-order valence-corrected chi connectivity index (χ4v) is 2.71. The van der Waals surface area contributed by atoms with Gasteiger partial charge in [-0.1, -0.05) is 11.6 Å². The molecule has 1 amide bonds. The summed E-state index contributed by atoms with van der Waals surface area (Å²) in [5, 5.41) is 3.16. The van der Waals surface area contributed by atoms with E-state index in [1.807, 2.05) is 11.8 Å². The zero-order valence-corrected chi connectivity index (χ0v) is 13.0. The molecular formula is C14H19ClN4O2. The van der Waals surface area contributed by atoms with E-state index in [1.165, 1.54) is 0 Å². The number of likely N-dealkylation sites (N-methyl/N-ethyl adjacent to an activating group) is 1. The van der Waals surface area contributed by atoms with E-state index in [4.69, 9.17) is 16.3 Å². The Morgan fingerprint density at radius 1 is 1.43 bits per heavy atom. The van der Waals surface area contributed by atoms with Gasteiger partial charge in [0.15, 0.2) is 0 Å². The first kappa shape index (κ1) is 14.5. The Balaban J connectivity index is 1.98. The normalized spacial score (nSPS) is 22.2. The van der Waals surface area contributed by atoms with Crippen LogP contribution in [0.1, 0.15) is 30.1 Å². The van der Waals surface area contributed by atoms with Gasteiger partial charge in [0.2, 0.25) is 5.91 Å². The van der Waals surface area contributed by atoms with Gasteiger partial charge in [-0.15, -0.1) is 0 Å². The molecule has 0 bridgehead atoms. The van der Waals surface area contributed by atoms with Gasteiger partial charge in [0.1, 0.15) is 22.8 Å². The summed E-state index contributed by atoms with van der Waals surface area (Å²) in [6.07, 6.45) is 2.22. The summed E-state index contributed by atoms with van der Waals surface area (Å²) in [4.78, 5) is 23.1. The predicted molar refractivity (Wildman–Crippen MR) is 79.8 cm³/mol. The molecule has 3 rings (SSSR count). The molecule has 1 N–H and O–H groups in total. The number of nitrogens with zero attached hydrogens (tertiary/aromatic N) is 3. The lowest BCUT2D eigenvalue weighted by atomic mass is 10.2. The molecule has 6 nitrogen and oxygen atoms in total. The van der Waals surface area contributed by atoms with Crippen molar-refractivity contribution >= 4 is 23.3 Å². The molecule has 1 atom stereocenters.